The maximum absolute atomic E-state index is 11.3. The molecule has 0 aliphatic rings. The third-order valence-electron chi connectivity index (χ3n) is 1.58. The van der Waals surface area contributed by atoms with Crippen LogP contribution in [0.4, 0.5) is 0 Å². The topological polar surface area (TPSA) is 69.6 Å². The Morgan fingerprint density at radius 1 is 1.46 bits per heavy atom. The van der Waals surface area contributed by atoms with E-state index in [4.69, 9.17) is 5.11 Å². The van der Waals surface area contributed by atoms with E-state index in [0.717, 1.165) is 0 Å². The number of aliphatic carboxylic acids is 1. The molecule has 0 radical (unpaired) electrons. The van der Waals surface area contributed by atoms with Gasteiger partial charge in [0, 0.05) is 6.04 Å². The van der Waals surface area contributed by atoms with E-state index in [1.54, 1.807) is 20.9 Å². The van der Waals surface area contributed by atoms with Crippen molar-refractivity contribution in [2.75, 3.05) is 20.1 Å². The van der Waals surface area contributed by atoms with Crippen LogP contribution >= 0.6 is 0 Å². The van der Waals surface area contributed by atoms with Crippen LogP contribution in [0.3, 0.4) is 0 Å². The minimum atomic E-state index is -0.988. The highest BCUT2D eigenvalue weighted by Gasteiger charge is 2.18. The van der Waals surface area contributed by atoms with E-state index in [-0.39, 0.29) is 25.0 Å². The molecule has 0 heterocycles. The number of rotatable bonds is 5. The fourth-order valence-electron chi connectivity index (χ4n) is 0.957. The summed E-state index contributed by atoms with van der Waals surface area (Å²) in [7, 11) is 1.65. The lowest BCUT2D eigenvalue weighted by Gasteiger charge is -2.24. The molecule has 5 heteroatoms. The molecular weight excluding hydrogens is 172 g/mol. The van der Waals surface area contributed by atoms with Crippen molar-refractivity contribution in [2.24, 2.45) is 0 Å². The van der Waals surface area contributed by atoms with Gasteiger partial charge in [-0.3, -0.25) is 9.59 Å². The third kappa shape index (κ3) is 4.47. The highest BCUT2D eigenvalue weighted by molar-refractivity contribution is 5.82. The fraction of sp³-hybridized carbons (Fsp3) is 0.750. The van der Waals surface area contributed by atoms with Crippen molar-refractivity contribution in [1.29, 1.82) is 0 Å². The van der Waals surface area contributed by atoms with Gasteiger partial charge < -0.3 is 15.3 Å². The van der Waals surface area contributed by atoms with Crippen LogP contribution in [0, 0.1) is 0 Å². The third-order valence-corrected chi connectivity index (χ3v) is 1.58. The summed E-state index contributed by atoms with van der Waals surface area (Å²) < 4.78 is 0. The summed E-state index contributed by atoms with van der Waals surface area (Å²) in [5.74, 6) is -1.18. The first-order valence-electron chi connectivity index (χ1n) is 4.15. The molecule has 0 spiro atoms. The van der Waals surface area contributed by atoms with Gasteiger partial charge in [-0.05, 0) is 20.9 Å². The Morgan fingerprint density at radius 2 is 2.00 bits per heavy atom. The van der Waals surface area contributed by atoms with Gasteiger partial charge in [-0.15, -0.1) is 0 Å². The standard InChI is InChI=1S/C8H16N2O3/c1-6(2)10(5-8(12)13)7(11)4-9-3/h6,9H,4-5H2,1-3H3,(H,12,13). The second-order valence-corrected chi connectivity index (χ2v) is 3.04. The molecule has 0 saturated heterocycles. The van der Waals surface area contributed by atoms with Gasteiger partial charge >= 0.3 is 5.97 Å². The van der Waals surface area contributed by atoms with Gasteiger partial charge in [0.15, 0.2) is 0 Å². The second-order valence-electron chi connectivity index (χ2n) is 3.04. The zero-order valence-corrected chi connectivity index (χ0v) is 8.20. The van der Waals surface area contributed by atoms with Gasteiger partial charge in [0.1, 0.15) is 6.54 Å². The first-order chi connectivity index (χ1) is 5.99. The molecule has 0 aromatic rings. The summed E-state index contributed by atoms with van der Waals surface area (Å²) in [5, 5.41) is 11.2. The smallest absolute Gasteiger partial charge is 0.323 e. The maximum Gasteiger partial charge on any atom is 0.323 e. The number of carboxylic acids is 1. The van der Waals surface area contributed by atoms with E-state index >= 15 is 0 Å². The number of carbonyl (C=O) groups excluding carboxylic acids is 1. The zero-order valence-electron chi connectivity index (χ0n) is 8.20. The molecule has 0 fully saturated rings. The largest absolute Gasteiger partial charge is 0.480 e. The minimum absolute atomic E-state index is 0.0862. The van der Waals surface area contributed by atoms with Crippen LogP contribution in [0.1, 0.15) is 13.8 Å². The zero-order chi connectivity index (χ0) is 10.4. The Balaban J connectivity index is 4.24. The molecule has 5 nitrogen and oxygen atoms in total. The van der Waals surface area contributed by atoms with Crippen LogP contribution in [0.5, 0.6) is 0 Å². The molecule has 0 aromatic carbocycles. The molecule has 0 saturated carbocycles. The van der Waals surface area contributed by atoms with Crippen molar-refractivity contribution in [3.8, 4) is 0 Å². The van der Waals surface area contributed by atoms with Crippen LogP contribution < -0.4 is 5.32 Å². The Morgan fingerprint density at radius 3 is 2.31 bits per heavy atom. The summed E-state index contributed by atoms with van der Waals surface area (Å²) in [6, 6.07) is -0.0862. The van der Waals surface area contributed by atoms with Crippen LogP contribution in [-0.2, 0) is 9.59 Å². The summed E-state index contributed by atoms with van der Waals surface area (Å²) in [6.45, 7) is 3.51. The van der Waals surface area contributed by atoms with E-state index in [2.05, 4.69) is 5.32 Å². The molecule has 2 N–H and O–H groups in total. The molecule has 0 atom stereocenters. The van der Waals surface area contributed by atoms with Gasteiger partial charge in [-0.25, -0.2) is 0 Å². The molecule has 0 aliphatic heterocycles. The molecule has 0 aliphatic carbocycles. The number of hydrogen-bond donors (Lipinski definition) is 2. The predicted molar refractivity (Wildman–Crippen MR) is 48.4 cm³/mol. The molecule has 13 heavy (non-hydrogen) atoms. The average molecular weight is 188 g/mol. The van der Waals surface area contributed by atoms with Gasteiger partial charge in [0.05, 0.1) is 6.54 Å². The Bertz CT molecular complexity index is 192. The molecule has 1 amide bonds. The normalized spacial score (nSPS) is 10.2. The number of carboxylic acid groups (broad SMARTS) is 1. The van der Waals surface area contributed by atoms with E-state index in [1.165, 1.54) is 4.90 Å². The predicted octanol–water partition coefficient (Wildman–Crippen LogP) is -0.473. The van der Waals surface area contributed by atoms with Crippen LogP contribution in [-0.4, -0.2) is 48.1 Å². The van der Waals surface area contributed by atoms with Crippen molar-refractivity contribution in [3.05, 3.63) is 0 Å². The summed E-state index contributed by atoms with van der Waals surface area (Å²) in [4.78, 5) is 23.0. The van der Waals surface area contributed by atoms with Crippen molar-refractivity contribution >= 4 is 11.9 Å². The first kappa shape index (κ1) is 11.9. The van der Waals surface area contributed by atoms with E-state index in [1.807, 2.05) is 0 Å². The Labute approximate surface area is 77.7 Å². The van der Waals surface area contributed by atoms with Crippen molar-refractivity contribution in [3.63, 3.8) is 0 Å². The van der Waals surface area contributed by atoms with Crippen molar-refractivity contribution in [2.45, 2.75) is 19.9 Å². The van der Waals surface area contributed by atoms with E-state index < -0.39 is 5.97 Å². The van der Waals surface area contributed by atoms with Crippen molar-refractivity contribution < 1.29 is 14.7 Å². The first-order valence-corrected chi connectivity index (χ1v) is 4.15. The number of likely N-dealkylation sites (N-methyl/N-ethyl adjacent to an activating group) is 1. The van der Waals surface area contributed by atoms with Gasteiger partial charge in [-0.1, -0.05) is 0 Å². The number of nitrogens with zero attached hydrogens (tertiary/aromatic N) is 1. The van der Waals surface area contributed by atoms with Crippen molar-refractivity contribution in [1.82, 2.24) is 10.2 Å². The van der Waals surface area contributed by atoms with Gasteiger partial charge in [0.2, 0.25) is 5.91 Å². The molecule has 0 rings (SSSR count). The molecule has 76 valence electrons. The lowest BCUT2D eigenvalue weighted by molar-refractivity contribution is -0.145. The van der Waals surface area contributed by atoms with Crippen LogP contribution in [0.25, 0.3) is 0 Å². The monoisotopic (exact) mass is 188 g/mol. The Hall–Kier alpha value is -1.10. The molecule has 0 unspecified atom stereocenters. The number of carbonyl (C=O) groups is 2. The lowest BCUT2D eigenvalue weighted by Crippen LogP contribution is -2.44. The molecular formula is C8H16N2O3. The summed E-state index contributed by atoms with van der Waals surface area (Å²) in [5.41, 5.74) is 0. The number of amides is 1. The maximum atomic E-state index is 11.3. The number of nitrogens with one attached hydrogen (secondary N) is 1. The highest BCUT2D eigenvalue weighted by atomic mass is 16.4. The van der Waals surface area contributed by atoms with Gasteiger partial charge in [-0.2, -0.15) is 0 Å². The fourth-order valence-corrected chi connectivity index (χ4v) is 0.957. The molecule has 0 bridgehead atoms. The summed E-state index contributed by atoms with van der Waals surface area (Å²) in [6.07, 6.45) is 0. The lowest BCUT2D eigenvalue weighted by atomic mass is 10.3. The minimum Gasteiger partial charge on any atom is -0.480 e. The van der Waals surface area contributed by atoms with E-state index in [0.29, 0.717) is 0 Å². The number of hydrogen-bond acceptors (Lipinski definition) is 3. The summed E-state index contributed by atoms with van der Waals surface area (Å²) >= 11 is 0. The van der Waals surface area contributed by atoms with E-state index in [9.17, 15) is 9.59 Å². The molecule has 0 aromatic heterocycles. The van der Waals surface area contributed by atoms with Gasteiger partial charge in [0.25, 0.3) is 0 Å². The Kier molecular flexibility index (Phi) is 5.06. The second kappa shape index (κ2) is 5.53. The van der Waals surface area contributed by atoms with Crippen LogP contribution in [0.2, 0.25) is 0 Å². The SMILES string of the molecule is CNCC(=O)N(CC(=O)O)C(C)C. The van der Waals surface area contributed by atoms with Crippen LogP contribution in [0.15, 0.2) is 0 Å². The average Bonchev–Trinajstić information content (AvgIpc) is 1.99. The highest BCUT2D eigenvalue weighted by Crippen LogP contribution is 1.97. The quantitative estimate of drug-likeness (QED) is 0.612.